The number of rotatable bonds is 4. The number of carbonyl (C=O) groups is 1. The van der Waals surface area contributed by atoms with Gasteiger partial charge >= 0.3 is 0 Å². The van der Waals surface area contributed by atoms with Crippen LogP contribution in [0.1, 0.15) is 81.6 Å². The molecule has 1 amide bonds. The zero-order valence-electron chi connectivity index (χ0n) is 17.0. The molecule has 0 aromatic carbocycles. The first-order valence-corrected chi connectivity index (χ1v) is 8.94. The molecule has 1 N–H and O–H groups in total. The molecule has 23 heavy (non-hydrogen) atoms. The van der Waals surface area contributed by atoms with Gasteiger partial charge in [-0.1, -0.05) is 62.0 Å². The maximum atomic E-state index is 11.9. The highest BCUT2D eigenvalue weighted by atomic mass is 16.1. The van der Waals surface area contributed by atoms with Crippen molar-refractivity contribution >= 4 is 5.91 Å². The predicted octanol–water partition coefficient (Wildman–Crippen LogP) is 4.98. The first-order valence-electron chi connectivity index (χ1n) is 8.94. The van der Waals surface area contributed by atoms with Crippen LogP contribution >= 0.6 is 0 Å². The molecular formula is C20H40N2O. The lowest BCUT2D eigenvalue weighted by Gasteiger charge is -2.25. The molecule has 0 aromatic rings. The van der Waals surface area contributed by atoms with Gasteiger partial charge in [-0.05, 0) is 30.6 Å². The Bertz CT molecular complexity index is 381. The standard InChI is InChI=1S/C15H28N2O.C5H12/c1-7-13-8-12(10-17(13)11(2)3)16-14(18)9-15(4,5)6;1-5(2,3)4/h12-13H,2,7-10H2,1,3-6H3,(H,16,18);1-4H3/t12-,13+;/m0./s1. The Morgan fingerprint density at radius 3 is 1.96 bits per heavy atom. The summed E-state index contributed by atoms with van der Waals surface area (Å²) >= 11 is 0. The topological polar surface area (TPSA) is 32.3 Å². The van der Waals surface area contributed by atoms with Crippen LogP contribution in [-0.2, 0) is 4.79 Å². The van der Waals surface area contributed by atoms with Crippen LogP contribution in [0.25, 0.3) is 0 Å². The minimum absolute atomic E-state index is 0.0564. The third kappa shape index (κ3) is 11.2. The van der Waals surface area contributed by atoms with E-state index in [1.807, 2.05) is 6.92 Å². The van der Waals surface area contributed by atoms with E-state index in [0.29, 0.717) is 17.9 Å². The normalized spacial score (nSPS) is 21.5. The fourth-order valence-corrected chi connectivity index (χ4v) is 2.64. The summed E-state index contributed by atoms with van der Waals surface area (Å²) in [7, 11) is 0. The van der Waals surface area contributed by atoms with Crippen LogP contribution in [0.15, 0.2) is 12.3 Å². The van der Waals surface area contributed by atoms with Gasteiger partial charge in [0.2, 0.25) is 5.91 Å². The highest BCUT2D eigenvalue weighted by Crippen LogP contribution is 2.25. The molecule has 1 saturated heterocycles. The number of nitrogens with zero attached hydrogens (tertiary/aromatic N) is 1. The van der Waals surface area contributed by atoms with Crippen molar-refractivity contribution in [3.8, 4) is 0 Å². The molecule has 136 valence electrons. The van der Waals surface area contributed by atoms with Crippen molar-refractivity contribution < 1.29 is 4.79 Å². The Hall–Kier alpha value is -0.990. The minimum Gasteiger partial charge on any atom is -0.370 e. The van der Waals surface area contributed by atoms with Crippen LogP contribution in [0.3, 0.4) is 0 Å². The van der Waals surface area contributed by atoms with E-state index in [4.69, 9.17) is 0 Å². The highest BCUT2D eigenvalue weighted by molar-refractivity contribution is 5.76. The van der Waals surface area contributed by atoms with Gasteiger partial charge in [0.25, 0.3) is 0 Å². The number of nitrogens with one attached hydrogen (secondary N) is 1. The zero-order chi connectivity index (χ0) is 18.4. The second-order valence-electron chi connectivity index (χ2n) is 9.69. The van der Waals surface area contributed by atoms with Gasteiger partial charge < -0.3 is 10.2 Å². The van der Waals surface area contributed by atoms with Crippen molar-refractivity contribution in [2.45, 2.75) is 93.7 Å². The molecule has 0 aliphatic carbocycles. The third-order valence-corrected chi connectivity index (χ3v) is 3.43. The second kappa shape index (κ2) is 8.75. The molecule has 1 rings (SSSR count). The van der Waals surface area contributed by atoms with Gasteiger partial charge in [0.1, 0.15) is 0 Å². The molecule has 0 aromatic heterocycles. The van der Waals surface area contributed by atoms with Gasteiger partial charge in [0.15, 0.2) is 0 Å². The van der Waals surface area contributed by atoms with Crippen LogP contribution in [0.2, 0.25) is 0 Å². The Labute approximate surface area is 144 Å². The van der Waals surface area contributed by atoms with E-state index in [2.05, 4.69) is 72.2 Å². The van der Waals surface area contributed by atoms with E-state index in [1.54, 1.807) is 0 Å². The molecule has 1 aliphatic rings. The fraction of sp³-hybridized carbons (Fsp3) is 0.850. The first kappa shape index (κ1) is 22.0. The van der Waals surface area contributed by atoms with Gasteiger partial charge in [-0.3, -0.25) is 4.79 Å². The maximum Gasteiger partial charge on any atom is 0.220 e. The van der Waals surface area contributed by atoms with Gasteiger partial charge in [-0.2, -0.15) is 0 Å². The Kier molecular flexibility index (Phi) is 8.37. The Morgan fingerprint density at radius 1 is 1.17 bits per heavy atom. The van der Waals surface area contributed by atoms with Gasteiger partial charge in [-0.15, -0.1) is 0 Å². The van der Waals surface area contributed by atoms with Crippen LogP contribution < -0.4 is 5.32 Å². The lowest BCUT2D eigenvalue weighted by Crippen LogP contribution is -2.38. The maximum absolute atomic E-state index is 11.9. The minimum atomic E-state index is 0.0564. The smallest absolute Gasteiger partial charge is 0.220 e. The van der Waals surface area contributed by atoms with Crippen molar-refractivity contribution in [2.24, 2.45) is 10.8 Å². The van der Waals surface area contributed by atoms with Crippen LogP contribution in [0.4, 0.5) is 0 Å². The molecule has 0 radical (unpaired) electrons. The SMILES string of the molecule is C=C(C)N1C[C@@H](NC(=O)CC(C)(C)C)C[C@H]1CC.CC(C)(C)C. The van der Waals surface area contributed by atoms with Crippen LogP contribution in [0.5, 0.6) is 0 Å². The number of amides is 1. The van der Waals surface area contributed by atoms with E-state index in [0.717, 1.165) is 25.1 Å². The number of carbonyl (C=O) groups excluding carboxylic acids is 1. The second-order valence-corrected chi connectivity index (χ2v) is 9.69. The van der Waals surface area contributed by atoms with E-state index >= 15 is 0 Å². The summed E-state index contributed by atoms with van der Waals surface area (Å²) in [4.78, 5) is 14.3. The number of hydrogen-bond acceptors (Lipinski definition) is 2. The monoisotopic (exact) mass is 324 g/mol. The van der Waals surface area contributed by atoms with Crippen molar-refractivity contribution in [2.75, 3.05) is 6.54 Å². The van der Waals surface area contributed by atoms with Gasteiger partial charge in [0, 0.05) is 30.7 Å². The van der Waals surface area contributed by atoms with Crippen molar-refractivity contribution in [3.05, 3.63) is 12.3 Å². The van der Waals surface area contributed by atoms with E-state index in [9.17, 15) is 4.79 Å². The van der Waals surface area contributed by atoms with Crippen molar-refractivity contribution in [1.29, 1.82) is 0 Å². The van der Waals surface area contributed by atoms with E-state index in [1.165, 1.54) is 0 Å². The lowest BCUT2D eigenvalue weighted by molar-refractivity contribution is -0.123. The molecular weight excluding hydrogens is 284 g/mol. The molecule has 0 saturated carbocycles. The highest BCUT2D eigenvalue weighted by Gasteiger charge is 2.31. The first-order chi connectivity index (χ1) is 10.2. The summed E-state index contributed by atoms with van der Waals surface area (Å²) < 4.78 is 0. The van der Waals surface area contributed by atoms with Crippen molar-refractivity contribution in [1.82, 2.24) is 10.2 Å². The predicted molar refractivity (Wildman–Crippen MR) is 101 cm³/mol. The lowest BCUT2D eigenvalue weighted by atomic mass is 9.92. The summed E-state index contributed by atoms with van der Waals surface area (Å²) in [5.41, 5.74) is 1.66. The molecule has 0 spiro atoms. The quantitative estimate of drug-likeness (QED) is 0.791. The fourth-order valence-electron chi connectivity index (χ4n) is 2.64. The zero-order valence-corrected chi connectivity index (χ0v) is 17.0. The summed E-state index contributed by atoms with van der Waals surface area (Å²) in [6, 6.07) is 0.809. The van der Waals surface area contributed by atoms with Gasteiger partial charge in [0.05, 0.1) is 0 Å². The number of likely N-dealkylation sites (tertiary alicyclic amines) is 1. The van der Waals surface area contributed by atoms with Crippen LogP contribution in [0, 0.1) is 10.8 Å². The Balaban J connectivity index is 0.000000841. The molecule has 1 aliphatic heterocycles. The molecule has 2 atom stereocenters. The Morgan fingerprint density at radius 2 is 1.65 bits per heavy atom. The molecule has 0 bridgehead atoms. The summed E-state index contributed by atoms with van der Waals surface area (Å²) in [6.07, 6.45) is 2.74. The largest absolute Gasteiger partial charge is 0.370 e. The molecule has 1 heterocycles. The number of allylic oxidation sites excluding steroid dienone is 1. The summed E-state index contributed by atoms with van der Waals surface area (Å²) in [6.45, 7) is 24.2. The van der Waals surface area contributed by atoms with E-state index in [-0.39, 0.29) is 17.4 Å². The van der Waals surface area contributed by atoms with Crippen LogP contribution in [-0.4, -0.2) is 29.4 Å². The average molecular weight is 325 g/mol. The molecule has 3 nitrogen and oxygen atoms in total. The molecule has 3 heteroatoms. The average Bonchev–Trinajstić information content (AvgIpc) is 2.67. The van der Waals surface area contributed by atoms with E-state index < -0.39 is 0 Å². The number of hydrogen-bond donors (Lipinski definition) is 1. The van der Waals surface area contributed by atoms with Gasteiger partial charge in [-0.25, -0.2) is 0 Å². The summed E-state index contributed by atoms with van der Waals surface area (Å²) in [5, 5.41) is 3.16. The summed E-state index contributed by atoms with van der Waals surface area (Å²) in [5.74, 6) is 0.172. The third-order valence-electron chi connectivity index (χ3n) is 3.43. The molecule has 0 unspecified atom stereocenters. The molecule has 1 fully saturated rings. The van der Waals surface area contributed by atoms with Crippen molar-refractivity contribution in [3.63, 3.8) is 0 Å².